The third-order valence-corrected chi connectivity index (χ3v) is 6.98. The van der Waals surface area contributed by atoms with Crippen LogP contribution in [0.15, 0.2) is 94.7 Å². The van der Waals surface area contributed by atoms with Crippen molar-refractivity contribution in [2.24, 2.45) is 0 Å². The van der Waals surface area contributed by atoms with Crippen LogP contribution < -0.4 is 4.72 Å². The number of benzene rings is 3. The van der Waals surface area contributed by atoms with E-state index in [1.165, 1.54) is 24.3 Å². The molecule has 1 N–H and O–H groups in total. The van der Waals surface area contributed by atoms with Gasteiger partial charge >= 0.3 is 0 Å². The van der Waals surface area contributed by atoms with Crippen LogP contribution in [0.25, 0.3) is 23.0 Å². The van der Waals surface area contributed by atoms with Crippen LogP contribution in [0.3, 0.4) is 0 Å². The number of imidazole rings is 1. The number of nitrogens with zero attached hydrogens (tertiary/aromatic N) is 4. The largest absolute Gasteiger partial charge is 0.332 e. The van der Waals surface area contributed by atoms with Crippen LogP contribution in [0, 0.1) is 0 Å². The average Bonchev–Trinajstić information content (AvgIpc) is 3.51. The first-order valence-corrected chi connectivity index (χ1v) is 12.6. The number of nitrogens with one attached hydrogen (secondary N) is 1. The van der Waals surface area contributed by atoms with E-state index in [1.54, 1.807) is 36.8 Å². The second-order valence-electron chi connectivity index (χ2n) is 7.62. The number of sulfonamides is 1. The van der Waals surface area contributed by atoms with Gasteiger partial charge in [0.15, 0.2) is 0 Å². The van der Waals surface area contributed by atoms with Crippen molar-refractivity contribution in [3.8, 4) is 23.0 Å². The van der Waals surface area contributed by atoms with Crippen LogP contribution in [-0.2, 0) is 16.6 Å². The summed E-state index contributed by atoms with van der Waals surface area (Å²) in [6, 6.07) is 20.2. The fourth-order valence-corrected chi connectivity index (χ4v) is 4.63. The van der Waals surface area contributed by atoms with Gasteiger partial charge in [-0.3, -0.25) is 4.72 Å². The minimum atomic E-state index is -3.70. The second-order valence-corrected chi connectivity index (χ2v) is 10.2. The van der Waals surface area contributed by atoms with E-state index in [2.05, 4.69) is 19.8 Å². The van der Waals surface area contributed by atoms with Crippen LogP contribution in [-0.4, -0.2) is 28.1 Å². The molecule has 0 aliphatic heterocycles. The normalized spacial score (nSPS) is 11.5. The molecule has 0 radical (unpaired) electrons. The first-order valence-electron chi connectivity index (χ1n) is 10.3. The van der Waals surface area contributed by atoms with Crippen molar-refractivity contribution in [2.45, 2.75) is 11.4 Å². The summed E-state index contributed by atoms with van der Waals surface area (Å²) < 4.78 is 34.9. The van der Waals surface area contributed by atoms with Crippen LogP contribution >= 0.6 is 23.2 Å². The lowest BCUT2D eigenvalue weighted by molar-refractivity contribution is 0.431. The van der Waals surface area contributed by atoms with Crippen molar-refractivity contribution < 1.29 is 12.9 Å². The topological polar surface area (TPSA) is 103 Å². The molecular weight excluding hydrogens is 509 g/mol. The molecule has 2 aromatic heterocycles. The van der Waals surface area contributed by atoms with Crippen molar-refractivity contribution in [3.05, 3.63) is 101 Å². The van der Waals surface area contributed by atoms with Gasteiger partial charge in [-0.15, -0.1) is 0 Å². The van der Waals surface area contributed by atoms with Crippen LogP contribution in [0.4, 0.5) is 5.69 Å². The first kappa shape index (κ1) is 23.1. The van der Waals surface area contributed by atoms with Gasteiger partial charge in [0.25, 0.3) is 15.9 Å². The quantitative estimate of drug-likeness (QED) is 0.290. The standard InChI is InChI=1S/C24H17Cl2N5O3S/c25-18-5-3-17(4-6-18)23-28-24(34-29-23)22-14-31(15-27-22)13-16-1-9-20(10-2-16)30-35(32,33)21-11-7-19(26)8-12-21/h1-12,14-15,30H,13H2. The van der Waals surface area contributed by atoms with Gasteiger partial charge in [0.1, 0.15) is 5.69 Å². The summed E-state index contributed by atoms with van der Waals surface area (Å²) in [5.74, 6) is 0.753. The fourth-order valence-electron chi connectivity index (χ4n) is 3.32. The maximum absolute atomic E-state index is 12.5. The molecule has 11 heteroatoms. The molecule has 3 aromatic carbocycles. The molecule has 0 saturated carbocycles. The molecule has 0 bridgehead atoms. The van der Waals surface area contributed by atoms with Crippen LogP contribution in [0.1, 0.15) is 5.56 Å². The molecule has 0 unspecified atom stereocenters. The Kier molecular flexibility index (Phi) is 6.29. The van der Waals surface area contributed by atoms with E-state index in [0.717, 1.165) is 11.1 Å². The lowest BCUT2D eigenvalue weighted by Gasteiger charge is -2.09. The summed E-state index contributed by atoms with van der Waals surface area (Å²) in [5, 5.41) is 5.11. The van der Waals surface area contributed by atoms with Gasteiger partial charge in [-0.1, -0.05) is 40.5 Å². The summed E-state index contributed by atoms with van der Waals surface area (Å²) in [4.78, 5) is 8.90. The summed E-state index contributed by atoms with van der Waals surface area (Å²) in [6.07, 6.45) is 3.47. The average molecular weight is 526 g/mol. The molecule has 35 heavy (non-hydrogen) atoms. The van der Waals surface area contributed by atoms with E-state index in [1.807, 2.05) is 28.8 Å². The Bertz CT molecular complexity index is 1560. The SMILES string of the molecule is O=S(=O)(Nc1ccc(Cn2cnc(-c3nc(-c4ccc(Cl)cc4)no3)c2)cc1)c1ccc(Cl)cc1. The molecule has 0 aliphatic carbocycles. The van der Waals surface area contributed by atoms with E-state index in [4.69, 9.17) is 27.7 Å². The zero-order chi connectivity index (χ0) is 24.4. The highest BCUT2D eigenvalue weighted by atomic mass is 35.5. The number of aromatic nitrogens is 4. The Hall–Kier alpha value is -3.66. The van der Waals surface area contributed by atoms with E-state index in [0.29, 0.717) is 39.7 Å². The van der Waals surface area contributed by atoms with E-state index >= 15 is 0 Å². The third kappa shape index (κ3) is 5.37. The summed E-state index contributed by atoms with van der Waals surface area (Å²) in [6.45, 7) is 0.523. The van der Waals surface area contributed by atoms with E-state index in [-0.39, 0.29) is 4.90 Å². The Morgan fingerprint density at radius 2 is 1.54 bits per heavy atom. The second kappa shape index (κ2) is 9.53. The van der Waals surface area contributed by atoms with Gasteiger partial charge in [-0.05, 0) is 66.2 Å². The molecule has 2 heterocycles. The van der Waals surface area contributed by atoms with Gasteiger partial charge in [0.2, 0.25) is 5.82 Å². The van der Waals surface area contributed by atoms with Gasteiger partial charge in [-0.2, -0.15) is 4.98 Å². The highest BCUT2D eigenvalue weighted by molar-refractivity contribution is 7.92. The van der Waals surface area contributed by atoms with Gasteiger partial charge < -0.3 is 9.09 Å². The van der Waals surface area contributed by atoms with Gasteiger partial charge in [0.05, 0.1) is 11.2 Å². The molecule has 0 atom stereocenters. The molecule has 0 amide bonds. The molecule has 5 rings (SSSR count). The highest BCUT2D eigenvalue weighted by Crippen LogP contribution is 2.23. The van der Waals surface area contributed by atoms with Crippen molar-refractivity contribution in [2.75, 3.05) is 4.72 Å². The minimum Gasteiger partial charge on any atom is -0.332 e. The zero-order valence-electron chi connectivity index (χ0n) is 18.0. The molecule has 0 saturated heterocycles. The predicted molar refractivity (Wildman–Crippen MR) is 134 cm³/mol. The van der Waals surface area contributed by atoms with E-state index in [9.17, 15) is 8.42 Å². The lowest BCUT2D eigenvalue weighted by atomic mass is 10.2. The van der Waals surface area contributed by atoms with Crippen LogP contribution in [0.2, 0.25) is 10.0 Å². The Labute approximate surface area is 211 Å². The van der Waals surface area contributed by atoms with Crippen molar-refractivity contribution in [1.82, 2.24) is 19.7 Å². The molecule has 0 fully saturated rings. The number of hydrogen-bond donors (Lipinski definition) is 1. The van der Waals surface area contributed by atoms with Gasteiger partial charge in [0, 0.05) is 34.0 Å². The predicted octanol–water partition coefficient (Wildman–Crippen LogP) is 5.76. The van der Waals surface area contributed by atoms with Gasteiger partial charge in [-0.25, -0.2) is 13.4 Å². The monoisotopic (exact) mass is 525 g/mol. The molecule has 0 aliphatic rings. The zero-order valence-corrected chi connectivity index (χ0v) is 20.3. The Morgan fingerprint density at radius 1 is 0.886 bits per heavy atom. The maximum Gasteiger partial charge on any atom is 0.278 e. The Balaban J connectivity index is 1.25. The molecule has 5 aromatic rings. The lowest BCUT2D eigenvalue weighted by Crippen LogP contribution is -2.12. The number of anilines is 1. The smallest absolute Gasteiger partial charge is 0.278 e. The molecule has 0 spiro atoms. The summed E-state index contributed by atoms with van der Waals surface area (Å²) in [5.41, 5.74) is 2.74. The van der Waals surface area contributed by atoms with E-state index < -0.39 is 10.0 Å². The Morgan fingerprint density at radius 3 is 2.23 bits per heavy atom. The number of halogens is 2. The van der Waals surface area contributed by atoms with Crippen molar-refractivity contribution in [3.63, 3.8) is 0 Å². The maximum atomic E-state index is 12.5. The third-order valence-electron chi connectivity index (χ3n) is 5.08. The van der Waals surface area contributed by atoms with Crippen LogP contribution in [0.5, 0.6) is 0 Å². The minimum absolute atomic E-state index is 0.136. The molecular formula is C24H17Cl2N5O3S. The molecule has 176 valence electrons. The summed E-state index contributed by atoms with van der Waals surface area (Å²) >= 11 is 11.8. The number of rotatable bonds is 7. The van der Waals surface area contributed by atoms with Crippen molar-refractivity contribution in [1.29, 1.82) is 0 Å². The number of hydrogen-bond acceptors (Lipinski definition) is 6. The molecule has 8 nitrogen and oxygen atoms in total. The van der Waals surface area contributed by atoms with Crippen molar-refractivity contribution >= 4 is 38.9 Å². The first-order chi connectivity index (χ1) is 16.9. The highest BCUT2D eigenvalue weighted by Gasteiger charge is 2.15. The summed E-state index contributed by atoms with van der Waals surface area (Å²) in [7, 11) is -3.70. The fraction of sp³-hybridized carbons (Fsp3) is 0.0417.